The van der Waals surface area contributed by atoms with E-state index in [0.29, 0.717) is 37.6 Å². The standard InChI is InChI=1S/C23H23N3O5/c1-26(13-17-12-16-4-2-3-5-18(16)30-17)23(27)9-8-21-24-25-22(31-21)11-15-6-7-19-20(10-15)29-14-28-19/h2-7,10,17H,8-9,11-14H2,1H3/t17-/m1/s1. The molecule has 3 aromatic rings. The number of carbonyl (C=O) groups excluding carboxylic acids is 1. The summed E-state index contributed by atoms with van der Waals surface area (Å²) in [6.45, 7) is 0.790. The van der Waals surface area contributed by atoms with Crippen LogP contribution >= 0.6 is 0 Å². The lowest BCUT2D eigenvalue weighted by molar-refractivity contribution is -0.130. The molecular formula is C23H23N3O5. The first-order chi connectivity index (χ1) is 15.1. The van der Waals surface area contributed by atoms with Crippen LogP contribution in [-0.4, -0.2) is 47.5 Å². The van der Waals surface area contributed by atoms with Gasteiger partial charge in [-0.2, -0.15) is 0 Å². The van der Waals surface area contributed by atoms with Gasteiger partial charge in [0.25, 0.3) is 0 Å². The zero-order valence-corrected chi connectivity index (χ0v) is 17.2. The number of carbonyl (C=O) groups is 1. The fourth-order valence-electron chi connectivity index (χ4n) is 3.85. The van der Waals surface area contributed by atoms with Crippen molar-refractivity contribution >= 4 is 5.91 Å². The van der Waals surface area contributed by atoms with Gasteiger partial charge in [-0.1, -0.05) is 24.3 Å². The van der Waals surface area contributed by atoms with Crippen LogP contribution in [0.3, 0.4) is 0 Å². The van der Waals surface area contributed by atoms with Crippen molar-refractivity contribution in [2.45, 2.75) is 31.8 Å². The maximum Gasteiger partial charge on any atom is 0.231 e. The number of amides is 1. The molecule has 1 amide bonds. The highest BCUT2D eigenvalue weighted by molar-refractivity contribution is 5.76. The van der Waals surface area contributed by atoms with Crippen LogP contribution in [-0.2, 0) is 24.1 Å². The number of aryl methyl sites for hydroxylation is 1. The first-order valence-electron chi connectivity index (χ1n) is 10.3. The predicted molar refractivity (Wildman–Crippen MR) is 110 cm³/mol. The number of hydrogen-bond acceptors (Lipinski definition) is 7. The molecule has 0 unspecified atom stereocenters. The van der Waals surface area contributed by atoms with Gasteiger partial charge in [-0.3, -0.25) is 4.79 Å². The van der Waals surface area contributed by atoms with Crippen molar-refractivity contribution in [3.63, 3.8) is 0 Å². The molecule has 2 aromatic carbocycles. The molecule has 2 aliphatic rings. The Morgan fingerprint density at radius 1 is 1.06 bits per heavy atom. The molecule has 1 aromatic heterocycles. The molecule has 8 heteroatoms. The fourth-order valence-corrected chi connectivity index (χ4v) is 3.85. The third-order valence-corrected chi connectivity index (χ3v) is 5.47. The highest BCUT2D eigenvalue weighted by Crippen LogP contribution is 2.33. The molecule has 5 rings (SSSR count). The van der Waals surface area contributed by atoms with Gasteiger partial charge in [0.05, 0.1) is 13.0 Å². The molecule has 0 N–H and O–H groups in total. The van der Waals surface area contributed by atoms with E-state index in [0.717, 1.165) is 29.2 Å². The minimum Gasteiger partial charge on any atom is -0.488 e. The van der Waals surface area contributed by atoms with E-state index in [1.165, 1.54) is 5.56 Å². The summed E-state index contributed by atoms with van der Waals surface area (Å²) in [7, 11) is 1.80. The van der Waals surface area contributed by atoms with Gasteiger partial charge >= 0.3 is 0 Å². The number of aromatic nitrogens is 2. The lowest BCUT2D eigenvalue weighted by Gasteiger charge is -2.20. The van der Waals surface area contributed by atoms with E-state index in [-0.39, 0.29) is 18.8 Å². The number of nitrogens with zero attached hydrogens (tertiary/aromatic N) is 3. The van der Waals surface area contributed by atoms with Crippen molar-refractivity contribution in [3.8, 4) is 17.2 Å². The van der Waals surface area contributed by atoms with Crippen LogP contribution in [0.5, 0.6) is 17.2 Å². The molecule has 0 radical (unpaired) electrons. The van der Waals surface area contributed by atoms with E-state index in [1.807, 2.05) is 36.4 Å². The lowest BCUT2D eigenvalue weighted by atomic mass is 10.1. The van der Waals surface area contributed by atoms with Crippen molar-refractivity contribution in [3.05, 3.63) is 65.4 Å². The van der Waals surface area contributed by atoms with E-state index in [1.54, 1.807) is 11.9 Å². The number of likely N-dealkylation sites (N-methyl/N-ethyl adjacent to an activating group) is 1. The Labute approximate surface area is 179 Å². The highest BCUT2D eigenvalue weighted by atomic mass is 16.7. The summed E-state index contributed by atoms with van der Waals surface area (Å²) in [6, 6.07) is 13.7. The molecule has 1 atom stereocenters. The molecule has 8 nitrogen and oxygen atoms in total. The molecule has 0 spiro atoms. The third-order valence-electron chi connectivity index (χ3n) is 5.47. The van der Waals surface area contributed by atoms with Gasteiger partial charge in [0.15, 0.2) is 11.5 Å². The van der Waals surface area contributed by atoms with E-state index < -0.39 is 0 Å². The average Bonchev–Trinajstić information content (AvgIpc) is 3.50. The summed E-state index contributed by atoms with van der Waals surface area (Å²) in [5.41, 5.74) is 2.18. The van der Waals surface area contributed by atoms with Gasteiger partial charge in [-0.25, -0.2) is 0 Å². The largest absolute Gasteiger partial charge is 0.488 e. The zero-order valence-electron chi connectivity index (χ0n) is 17.2. The highest BCUT2D eigenvalue weighted by Gasteiger charge is 2.25. The smallest absolute Gasteiger partial charge is 0.231 e. The van der Waals surface area contributed by atoms with Gasteiger partial charge in [0.2, 0.25) is 24.5 Å². The maximum absolute atomic E-state index is 12.5. The van der Waals surface area contributed by atoms with E-state index >= 15 is 0 Å². The summed E-state index contributed by atoms with van der Waals surface area (Å²) in [4.78, 5) is 14.2. The molecule has 0 aliphatic carbocycles. The molecule has 3 heterocycles. The van der Waals surface area contributed by atoms with E-state index in [9.17, 15) is 4.79 Å². The Kier molecular flexibility index (Phi) is 5.19. The molecule has 0 bridgehead atoms. The Morgan fingerprint density at radius 2 is 1.90 bits per heavy atom. The van der Waals surface area contributed by atoms with Crippen LogP contribution < -0.4 is 14.2 Å². The average molecular weight is 421 g/mol. The minimum absolute atomic E-state index is 0.0111. The van der Waals surface area contributed by atoms with Gasteiger partial charge in [0, 0.05) is 26.3 Å². The topological polar surface area (TPSA) is 86.9 Å². The quantitative estimate of drug-likeness (QED) is 0.580. The molecule has 0 fully saturated rings. The van der Waals surface area contributed by atoms with Crippen molar-refractivity contribution in [2.75, 3.05) is 20.4 Å². The van der Waals surface area contributed by atoms with Gasteiger partial charge in [-0.05, 0) is 29.3 Å². The van der Waals surface area contributed by atoms with Crippen LogP contribution in [0.2, 0.25) is 0 Å². The predicted octanol–water partition coefficient (Wildman–Crippen LogP) is 2.78. The first kappa shape index (κ1) is 19.4. The van der Waals surface area contributed by atoms with Gasteiger partial charge in [0.1, 0.15) is 11.9 Å². The number of hydrogen-bond donors (Lipinski definition) is 0. The van der Waals surface area contributed by atoms with Crippen LogP contribution in [0.1, 0.15) is 29.3 Å². The molecule has 0 saturated heterocycles. The van der Waals surface area contributed by atoms with Crippen molar-refractivity contribution < 1.29 is 23.4 Å². The van der Waals surface area contributed by atoms with Crippen LogP contribution in [0, 0.1) is 0 Å². The van der Waals surface area contributed by atoms with Crippen LogP contribution in [0.15, 0.2) is 46.9 Å². The summed E-state index contributed by atoms with van der Waals surface area (Å²) >= 11 is 0. The minimum atomic E-state index is -0.0111. The van der Waals surface area contributed by atoms with Crippen LogP contribution in [0.4, 0.5) is 0 Å². The van der Waals surface area contributed by atoms with Crippen LogP contribution in [0.25, 0.3) is 0 Å². The first-order valence-corrected chi connectivity index (χ1v) is 10.3. The summed E-state index contributed by atoms with van der Waals surface area (Å²) in [5.74, 6) is 3.36. The maximum atomic E-state index is 12.5. The second-order valence-corrected chi connectivity index (χ2v) is 7.78. The van der Waals surface area contributed by atoms with Crippen molar-refractivity contribution in [1.29, 1.82) is 0 Å². The Hall–Kier alpha value is -3.55. The number of ether oxygens (including phenoxy) is 3. The van der Waals surface area contributed by atoms with Gasteiger partial charge in [-0.15, -0.1) is 10.2 Å². The second-order valence-electron chi connectivity index (χ2n) is 7.78. The van der Waals surface area contributed by atoms with Crippen molar-refractivity contribution in [1.82, 2.24) is 15.1 Å². The molecule has 31 heavy (non-hydrogen) atoms. The molecular weight excluding hydrogens is 398 g/mol. The summed E-state index contributed by atoms with van der Waals surface area (Å²) < 4.78 is 22.4. The lowest BCUT2D eigenvalue weighted by Crippen LogP contribution is -2.36. The third kappa shape index (κ3) is 4.33. The Morgan fingerprint density at radius 3 is 2.81 bits per heavy atom. The molecule has 2 aliphatic heterocycles. The number of benzene rings is 2. The zero-order chi connectivity index (χ0) is 21.2. The summed E-state index contributed by atoms with van der Waals surface area (Å²) in [5, 5.41) is 8.18. The number of fused-ring (bicyclic) bond motifs is 2. The van der Waals surface area contributed by atoms with Crippen molar-refractivity contribution in [2.24, 2.45) is 0 Å². The number of rotatable bonds is 7. The van der Waals surface area contributed by atoms with E-state index in [2.05, 4.69) is 16.3 Å². The molecule has 160 valence electrons. The number of para-hydroxylation sites is 1. The second kappa shape index (κ2) is 8.29. The fraction of sp³-hybridized carbons (Fsp3) is 0.348. The van der Waals surface area contributed by atoms with E-state index in [4.69, 9.17) is 18.6 Å². The Balaban J connectivity index is 1.10. The Bertz CT molecular complexity index is 1070. The van der Waals surface area contributed by atoms with Gasteiger partial charge < -0.3 is 23.5 Å². The summed E-state index contributed by atoms with van der Waals surface area (Å²) in [6.07, 6.45) is 2.02. The normalized spacial score (nSPS) is 16.1. The molecule has 0 saturated carbocycles. The SMILES string of the molecule is CN(C[C@H]1Cc2ccccc2O1)C(=O)CCc1nnc(Cc2ccc3c(c2)OCO3)o1. The monoisotopic (exact) mass is 421 g/mol.